The third-order valence-electron chi connectivity index (χ3n) is 4.56. The molecular formula is C20H17FN6. The Morgan fingerprint density at radius 2 is 2.15 bits per heavy atom. The Balaban J connectivity index is 2.13. The first-order valence-electron chi connectivity index (χ1n) is 8.38. The summed E-state index contributed by atoms with van der Waals surface area (Å²) in [6.45, 7) is 11.6. The van der Waals surface area contributed by atoms with Crippen molar-refractivity contribution in [3.05, 3.63) is 60.5 Å². The molecule has 0 bridgehead atoms. The third kappa shape index (κ3) is 2.54. The van der Waals surface area contributed by atoms with E-state index in [4.69, 9.17) is 11.6 Å². The molecule has 3 aromatic heterocycles. The van der Waals surface area contributed by atoms with Crippen LogP contribution in [0.15, 0.2) is 43.2 Å². The van der Waals surface area contributed by atoms with Crippen molar-refractivity contribution >= 4 is 33.6 Å². The van der Waals surface area contributed by atoms with Crippen LogP contribution in [-0.2, 0) is 13.6 Å². The van der Waals surface area contributed by atoms with Crippen molar-refractivity contribution < 1.29 is 4.39 Å². The molecule has 0 aliphatic heterocycles. The number of nitrogens with zero attached hydrogens (tertiary/aromatic N) is 5. The standard InChI is InChI=1S/C20H17FN6/c1-5-6-27-16(12-7-13(21)9-14(8-12)22-2)10-15-18-17(24-11-26(18)4)19(23-3)25-20(15)27/h5,7-11H,1,6H2,3-4H3,(H,23,25). The van der Waals surface area contributed by atoms with Crippen LogP contribution in [0.5, 0.6) is 0 Å². The van der Waals surface area contributed by atoms with Gasteiger partial charge in [-0.3, -0.25) is 0 Å². The summed E-state index contributed by atoms with van der Waals surface area (Å²) in [7, 11) is 3.73. The Morgan fingerprint density at radius 1 is 1.33 bits per heavy atom. The van der Waals surface area contributed by atoms with Crippen molar-refractivity contribution in [2.75, 3.05) is 12.4 Å². The minimum atomic E-state index is -0.441. The number of benzene rings is 1. The lowest BCUT2D eigenvalue weighted by Gasteiger charge is -2.10. The minimum absolute atomic E-state index is 0.259. The molecule has 0 unspecified atom stereocenters. The number of halogens is 1. The van der Waals surface area contributed by atoms with Crippen LogP contribution in [0.2, 0.25) is 0 Å². The van der Waals surface area contributed by atoms with E-state index < -0.39 is 5.82 Å². The lowest BCUT2D eigenvalue weighted by molar-refractivity contribution is 0.629. The summed E-state index contributed by atoms with van der Waals surface area (Å²) in [4.78, 5) is 12.6. The van der Waals surface area contributed by atoms with Crippen molar-refractivity contribution in [3.8, 4) is 11.3 Å². The fourth-order valence-corrected chi connectivity index (χ4v) is 3.43. The van der Waals surface area contributed by atoms with Crippen LogP contribution in [0.25, 0.3) is 38.2 Å². The second-order valence-corrected chi connectivity index (χ2v) is 6.24. The first-order valence-corrected chi connectivity index (χ1v) is 8.38. The molecule has 27 heavy (non-hydrogen) atoms. The van der Waals surface area contributed by atoms with E-state index in [0.717, 1.165) is 27.8 Å². The van der Waals surface area contributed by atoms with Gasteiger partial charge in [0.2, 0.25) is 0 Å². The van der Waals surface area contributed by atoms with Gasteiger partial charge in [0.05, 0.1) is 18.4 Å². The fourth-order valence-electron chi connectivity index (χ4n) is 3.43. The average Bonchev–Trinajstić information content (AvgIpc) is 3.22. The van der Waals surface area contributed by atoms with E-state index in [9.17, 15) is 4.39 Å². The molecule has 0 amide bonds. The number of anilines is 1. The molecule has 0 saturated heterocycles. The third-order valence-corrected chi connectivity index (χ3v) is 4.56. The van der Waals surface area contributed by atoms with Gasteiger partial charge in [0, 0.05) is 31.7 Å². The van der Waals surface area contributed by atoms with Crippen LogP contribution >= 0.6 is 0 Å². The molecule has 0 saturated carbocycles. The monoisotopic (exact) mass is 360 g/mol. The molecule has 1 aromatic carbocycles. The molecule has 7 heteroatoms. The minimum Gasteiger partial charge on any atom is -0.371 e. The number of nitrogens with one attached hydrogen (secondary N) is 1. The van der Waals surface area contributed by atoms with Gasteiger partial charge in [0.25, 0.3) is 0 Å². The van der Waals surface area contributed by atoms with Crippen molar-refractivity contribution in [1.29, 1.82) is 0 Å². The van der Waals surface area contributed by atoms with Crippen molar-refractivity contribution in [2.24, 2.45) is 7.05 Å². The Bertz CT molecular complexity index is 1240. The number of aromatic nitrogens is 4. The number of imidazole rings is 1. The lowest BCUT2D eigenvalue weighted by Crippen LogP contribution is -2.02. The van der Waals surface area contributed by atoms with E-state index in [2.05, 4.69) is 21.7 Å². The second-order valence-electron chi connectivity index (χ2n) is 6.24. The summed E-state index contributed by atoms with van der Waals surface area (Å²) < 4.78 is 18.0. The van der Waals surface area contributed by atoms with Gasteiger partial charge < -0.3 is 14.5 Å². The number of hydrogen-bond acceptors (Lipinski definition) is 3. The van der Waals surface area contributed by atoms with Gasteiger partial charge in [-0.1, -0.05) is 6.08 Å². The summed E-state index contributed by atoms with van der Waals surface area (Å²) in [5, 5.41) is 4.01. The van der Waals surface area contributed by atoms with E-state index in [1.165, 1.54) is 12.1 Å². The predicted molar refractivity (Wildman–Crippen MR) is 105 cm³/mol. The molecule has 0 fully saturated rings. The molecule has 0 radical (unpaired) electrons. The fraction of sp³-hybridized carbons (Fsp3) is 0.150. The number of allylic oxidation sites excluding steroid dienone is 1. The SMILES string of the molecule is [C-]#[N+]c1cc(F)cc(-c2cc3c4c(ncn4C)c(NC)nc3n2CC=C)c1. The largest absolute Gasteiger partial charge is 0.371 e. The van der Waals surface area contributed by atoms with Crippen LogP contribution in [0.1, 0.15) is 0 Å². The highest BCUT2D eigenvalue weighted by atomic mass is 19.1. The first kappa shape index (κ1) is 16.8. The maximum atomic E-state index is 14.0. The van der Waals surface area contributed by atoms with Gasteiger partial charge in [-0.05, 0) is 29.8 Å². The number of hydrogen-bond donors (Lipinski definition) is 1. The number of fused-ring (bicyclic) bond motifs is 3. The highest BCUT2D eigenvalue weighted by Crippen LogP contribution is 2.35. The van der Waals surface area contributed by atoms with Crippen LogP contribution in [0, 0.1) is 12.4 Å². The number of pyridine rings is 1. The van der Waals surface area contributed by atoms with E-state index in [-0.39, 0.29) is 5.69 Å². The molecule has 0 aliphatic carbocycles. The van der Waals surface area contributed by atoms with Crippen molar-refractivity contribution in [3.63, 3.8) is 0 Å². The molecule has 3 heterocycles. The Hall–Kier alpha value is -3.66. The zero-order valence-corrected chi connectivity index (χ0v) is 15.0. The summed E-state index contributed by atoms with van der Waals surface area (Å²) >= 11 is 0. The van der Waals surface area contributed by atoms with Crippen LogP contribution < -0.4 is 5.32 Å². The lowest BCUT2D eigenvalue weighted by atomic mass is 10.1. The van der Waals surface area contributed by atoms with Gasteiger partial charge in [-0.2, -0.15) is 0 Å². The summed E-state index contributed by atoms with van der Waals surface area (Å²) in [6, 6.07) is 6.32. The molecule has 4 aromatic rings. The van der Waals surface area contributed by atoms with Crippen LogP contribution in [0.4, 0.5) is 15.9 Å². The smallest absolute Gasteiger partial charge is 0.190 e. The average molecular weight is 360 g/mol. The highest BCUT2D eigenvalue weighted by molar-refractivity contribution is 6.07. The Labute approximate surface area is 155 Å². The molecule has 0 spiro atoms. The van der Waals surface area contributed by atoms with Gasteiger partial charge in [0.1, 0.15) is 17.0 Å². The summed E-state index contributed by atoms with van der Waals surface area (Å²) in [5.74, 6) is 0.234. The molecular weight excluding hydrogens is 343 g/mol. The van der Waals surface area contributed by atoms with Crippen LogP contribution in [0.3, 0.4) is 0 Å². The van der Waals surface area contributed by atoms with E-state index in [1.807, 2.05) is 22.2 Å². The number of aryl methyl sites for hydroxylation is 1. The van der Waals surface area contributed by atoms with Crippen LogP contribution in [-0.4, -0.2) is 26.1 Å². The van der Waals surface area contributed by atoms with Gasteiger partial charge >= 0.3 is 0 Å². The van der Waals surface area contributed by atoms with Gasteiger partial charge in [-0.15, -0.1) is 6.58 Å². The second kappa shape index (κ2) is 6.25. The van der Waals surface area contributed by atoms with Crippen molar-refractivity contribution in [1.82, 2.24) is 19.1 Å². The van der Waals surface area contributed by atoms with E-state index in [1.54, 1.807) is 25.5 Å². The van der Waals surface area contributed by atoms with Gasteiger partial charge in [-0.25, -0.2) is 19.2 Å². The normalized spacial score (nSPS) is 11.0. The number of rotatable bonds is 4. The molecule has 0 atom stereocenters. The Kier molecular flexibility index (Phi) is 3.89. The summed E-state index contributed by atoms with van der Waals surface area (Å²) in [6.07, 6.45) is 3.52. The summed E-state index contributed by atoms with van der Waals surface area (Å²) in [5.41, 5.74) is 4.12. The molecule has 0 aliphatic rings. The maximum absolute atomic E-state index is 14.0. The first-order chi connectivity index (χ1) is 13.1. The maximum Gasteiger partial charge on any atom is 0.190 e. The van der Waals surface area contributed by atoms with E-state index in [0.29, 0.717) is 17.9 Å². The molecule has 6 nitrogen and oxygen atoms in total. The molecule has 134 valence electrons. The molecule has 4 rings (SSSR count). The molecule has 1 N–H and O–H groups in total. The van der Waals surface area contributed by atoms with Crippen molar-refractivity contribution in [2.45, 2.75) is 6.54 Å². The Morgan fingerprint density at radius 3 is 2.85 bits per heavy atom. The topological polar surface area (TPSA) is 52.0 Å². The van der Waals surface area contributed by atoms with Gasteiger partial charge in [0.15, 0.2) is 11.5 Å². The van der Waals surface area contributed by atoms with E-state index >= 15 is 0 Å². The predicted octanol–water partition coefficient (Wildman–Crippen LogP) is 4.51. The highest BCUT2D eigenvalue weighted by Gasteiger charge is 2.19. The quantitative estimate of drug-likeness (QED) is 0.430. The zero-order chi connectivity index (χ0) is 19.1. The zero-order valence-electron chi connectivity index (χ0n) is 15.0.